The van der Waals surface area contributed by atoms with Crippen LogP contribution in [0.2, 0.25) is 0 Å². The van der Waals surface area contributed by atoms with Crippen molar-refractivity contribution in [3.05, 3.63) is 246 Å². The second-order valence-corrected chi connectivity index (χ2v) is 16.1. The highest BCUT2D eigenvalue weighted by molar-refractivity contribution is 6.02. The van der Waals surface area contributed by atoms with Crippen molar-refractivity contribution in [1.29, 1.82) is 0 Å². The summed E-state index contributed by atoms with van der Waals surface area (Å²) in [5, 5.41) is 2.49. The Balaban J connectivity index is 1.13. The van der Waals surface area contributed by atoms with Gasteiger partial charge in [-0.1, -0.05) is 190 Å². The number of hydrogen-bond acceptors (Lipinski definition) is 1. The number of benzene rings is 9. The molecule has 0 amide bonds. The summed E-state index contributed by atoms with van der Waals surface area (Å²) in [5.74, 6) is 0. The second kappa shape index (κ2) is 12.8. The van der Waals surface area contributed by atoms with Crippen LogP contribution in [0, 0.1) is 0 Å². The average molecular weight is 728 g/mol. The van der Waals surface area contributed by atoms with Gasteiger partial charge in [0.1, 0.15) is 0 Å². The Bertz CT molecular complexity index is 2920. The fraction of sp³-hybridized carbons (Fsp3) is 0.0714. The Labute approximate surface area is 335 Å². The molecule has 2 aliphatic carbocycles. The van der Waals surface area contributed by atoms with Crippen molar-refractivity contribution in [3.63, 3.8) is 0 Å². The Morgan fingerprint density at radius 3 is 1.53 bits per heavy atom. The third kappa shape index (κ3) is 4.95. The first-order chi connectivity index (χ1) is 28.0. The highest BCUT2D eigenvalue weighted by atomic mass is 15.1. The molecule has 0 bridgehead atoms. The molecule has 0 N–H and O–H groups in total. The predicted octanol–water partition coefficient (Wildman–Crippen LogP) is 14.6. The van der Waals surface area contributed by atoms with Crippen LogP contribution in [0.25, 0.3) is 44.2 Å². The van der Waals surface area contributed by atoms with E-state index in [1.807, 2.05) is 0 Å². The molecule has 0 aromatic heterocycles. The van der Waals surface area contributed by atoms with Gasteiger partial charge in [-0.3, -0.25) is 0 Å². The van der Waals surface area contributed by atoms with E-state index in [2.05, 4.69) is 231 Å². The topological polar surface area (TPSA) is 3.24 Å². The van der Waals surface area contributed by atoms with Crippen LogP contribution in [0.5, 0.6) is 0 Å². The molecule has 1 nitrogen and oxygen atoms in total. The van der Waals surface area contributed by atoms with Gasteiger partial charge in [0.2, 0.25) is 0 Å². The maximum absolute atomic E-state index is 2.44. The van der Waals surface area contributed by atoms with Crippen molar-refractivity contribution < 1.29 is 0 Å². The van der Waals surface area contributed by atoms with E-state index in [0.29, 0.717) is 0 Å². The lowest BCUT2D eigenvalue weighted by atomic mass is 9.67. The normalized spacial score (nSPS) is 14.1. The van der Waals surface area contributed by atoms with E-state index in [1.165, 1.54) is 77.5 Å². The minimum Gasteiger partial charge on any atom is -0.310 e. The van der Waals surface area contributed by atoms with E-state index >= 15 is 0 Å². The van der Waals surface area contributed by atoms with E-state index in [9.17, 15) is 0 Å². The third-order valence-electron chi connectivity index (χ3n) is 12.7. The number of hydrogen-bond donors (Lipinski definition) is 0. The Morgan fingerprint density at radius 2 is 0.842 bits per heavy atom. The zero-order chi connectivity index (χ0) is 38.1. The first-order valence-electron chi connectivity index (χ1n) is 20.0. The summed E-state index contributed by atoms with van der Waals surface area (Å²) in [7, 11) is 0. The Morgan fingerprint density at radius 1 is 0.351 bits per heavy atom. The number of fused-ring (bicyclic) bond motifs is 8. The summed E-state index contributed by atoms with van der Waals surface area (Å²) in [6.45, 7) is 4.72. The van der Waals surface area contributed by atoms with Gasteiger partial charge in [0, 0.05) is 22.5 Å². The first-order valence-corrected chi connectivity index (χ1v) is 20.0. The molecule has 0 heterocycles. The standard InChI is InChI=1S/C56H41N/c1-55(2)51-24-14-12-22-47(51)49-35-32-45(37-53(49)55)57(43-29-26-39(27-30-43)38-16-6-3-7-17-38)44-31-34-46-40(36-44)28-33-50-48-23-13-15-25-52(48)56(54(46)50,41-18-8-4-9-19-41)42-20-10-5-11-21-42/h3-37H,1-2H3. The molecule has 1 heteroatoms. The summed E-state index contributed by atoms with van der Waals surface area (Å²) in [5.41, 5.74) is 18.5. The first kappa shape index (κ1) is 33.4. The number of anilines is 3. The van der Waals surface area contributed by atoms with Crippen LogP contribution < -0.4 is 4.90 Å². The van der Waals surface area contributed by atoms with Gasteiger partial charge in [0.05, 0.1) is 5.41 Å². The smallest absolute Gasteiger partial charge is 0.0719 e. The van der Waals surface area contributed by atoms with Crippen molar-refractivity contribution in [3.8, 4) is 33.4 Å². The molecule has 0 saturated carbocycles. The van der Waals surface area contributed by atoms with Gasteiger partial charge in [-0.05, 0) is 114 Å². The molecule has 11 rings (SSSR count). The fourth-order valence-electron chi connectivity index (χ4n) is 10.1. The van der Waals surface area contributed by atoms with Crippen LogP contribution >= 0.6 is 0 Å². The monoisotopic (exact) mass is 727 g/mol. The van der Waals surface area contributed by atoms with Crippen LogP contribution in [0.3, 0.4) is 0 Å². The maximum atomic E-state index is 2.44. The molecule has 0 atom stereocenters. The van der Waals surface area contributed by atoms with Crippen LogP contribution in [0.4, 0.5) is 17.1 Å². The van der Waals surface area contributed by atoms with Crippen molar-refractivity contribution in [1.82, 2.24) is 0 Å². The van der Waals surface area contributed by atoms with Gasteiger partial charge in [0.15, 0.2) is 0 Å². The van der Waals surface area contributed by atoms with Gasteiger partial charge in [-0.15, -0.1) is 0 Å². The lowest BCUT2D eigenvalue weighted by Gasteiger charge is -2.35. The molecule has 0 unspecified atom stereocenters. The maximum Gasteiger partial charge on any atom is 0.0719 e. The lowest BCUT2D eigenvalue weighted by molar-refractivity contribution is 0.660. The fourth-order valence-corrected chi connectivity index (χ4v) is 10.1. The van der Waals surface area contributed by atoms with Crippen molar-refractivity contribution in [2.24, 2.45) is 0 Å². The summed E-state index contributed by atoms with van der Waals surface area (Å²) in [6.07, 6.45) is 0. The van der Waals surface area contributed by atoms with Gasteiger partial charge < -0.3 is 4.90 Å². The van der Waals surface area contributed by atoms with E-state index in [4.69, 9.17) is 0 Å². The van der Waals surface area contributed by atoms with Crippen molar-refractivity contribution >= 4 is 27.8 Å². The van der Waals surface area contributed by atoms with Crippen molar-refractivity contribution in [2.45, 2.75) is 24.7 Å². The zero-order valence-corrected chi connectivity index (χ0v) is 32.2. The molecule has 0 radical (unpaired) electrons. The highest BCUT2D eigenvalue weighted by Crippen LogP contribution is 2.58. The van der Waals surface area contributed by atoms with Gasteiger partial charge in [-0.2, -0.15) is 0 Å². The molecule has 0 fully saturated rings. The van der Waals surface area contributed by atoms with E-state index in [0.717, 1.165) is 17.1 Å². The van der Waals surface area contributed by atoms with E-state index in [-0.39, 0.29) is 5.41 Å². The molecular weight excluding hydrogens is 687 g/mol. The summed E-state index contributed by atoms with van der Waals surface area (Å²) >= 11 is 0. The minimum absolute atomic E-state index is 0.109. The molecule has 2 aliphatic rings. The van der Waals surface area contributed by atoms with Gasteiger partial charge in [-0.25, -0.2) is 0 Å². The quantitative estimate of drug-likeness (QED) is 0.165. The molecular formula is C56H41N. The molecule has 0 saturated heterocycles. The third-order valence-corrected chi connectivity index (χ3v) is 12.7. The summed E-state index contributed by atoms with van der Waals surface area (Å²) in [6, 6.07) is 78.7. The average Bonchev–Trinajstić information content (AvgIpc) is 3.71. The molecule has 0 spiro atoms. The number of rotatable bonds is 6. The molecule has 270 valence electrons. The van der Waals surface area contributed by atoms with Crippen molar-refractivity contribution in [2.75, 3.05) is 4.90 Å². The summed E-state index contributed by atoms with van der Waals surface area (Å²) < 4.78 is 0. The molecule has 9 aromatic carbocycles. The SMILES string of the molecule is CC1(C)c2ccccc2-c2ccc(N(c3ccc(-c4ccccc4)cc3)c3ccc4c5c(ccc4c3)-c3ccccc3C5(c3ccccc3)c3ccccc3)cc21. The molecule has 9 aromatic rings. The predicted molar refractivity (Wildman–Crippen MR) is 239 cm³/mol. The Hall–Kier alpha value is -6.96. The lowest BCUT2D eigenvalue weighted by Crippen LogP contribution is -2.28. The largest absolute Gasteiger partial charge is 0.310 e. The van der Waals surface area contributed by atoms with Gasteiger partial charge >= 0.3 is 0 Å². The van der Waals surface area contributed by atoms with Crippen LogP contribution in [0.15, 0.2) is 212 Å². The molecule has 57 heavy (non-hydrogen) atoms. The molecule has 0 aliphatic heterocycles. The number of nitrogens with zero attached hydrogens (tertiary/aromatic N) is 1. The second-order valence-electron chi connectivity index (χ2n) is 16.1. The zero-order valence-electron chi connectivity index (χ0n) is 32.2. The van der Waals surface area contributed by atoms with E-state index in [1.54, 1.807) is 0 Å². The summed E-state index contributed by atoms with van der Waals surface area (Å²) in [4.78, 5) is 2.44. The van der Waals surface area contributed by atoms with Crippen LogP contribution in [-0.4, -0.2) is 0 Å². The highest BCUT2D eigenvalue weighted by Gasteiger charge is 2.47. The Kier molecular flexibility index (Phi) is 7.50. The van der Waals surface area contributed by atoms with E-state index < -0.39 is 5.41 Å². The van der Waals surface area contributed by atoms with Gasteiger partial charge in [0.25, 0.3) is 0 Å². The minimum atomic E-state index is -0.469. The van der Waals surface area contributed by atoms with Crippen LogP contribution in [0.1, 0.15) is 47.2 Å². The van der Waals surface area contributed by atoms with Crippen LogP contribution in [-0.2, 0) is 10.8 Å².